The minimum absolute atomic E-state index is 0.213. The normalized spacial score (nSPS) is 13.4. The number of fused-ring (bicyclic) bond motifs is 1. The molecule has 0 aromatic heterocycles. The fourth-order valence-corrected chi connectivity index (χ4v) is 2.21. The van der Waals surface area contributed by atoms with Crippen LogP contribution in [0.25, 0.3) is 0 Å². The van der Waals surface area contributed by atoms with Crippen LogP contribution >= 0.6 is 0 Å². The van der Waals surface area contributed by atoms with Gasteiger partial charge in [0.2, 0.25) is 6.29 Å². The Balaban J connectivity index is 1.53. The monoisotopic (exact) mass is 269 g/mol. The Kier molecular flexibility index (Phi) is 3.77. The molecule has 0 spiro atoms. The second-order valence-corrected chi connectivity index (χ2v) is 4.64. The minimum atomic E-state index is -0.213. The number of aryl methyl sites for hydroxylation is 1. The van der Waals surface area contributed by atoms with Crippen molar-refractivity contribution in [1.29, 1.82) is 0 Å². The van der Waals surface area contributed by atoms with Gasteiger partial charge in [0.15, 0.2) is 11.5 Å². The maximum atomic E-state index is 5.71. The van der Waals surface area contributed by atoms with Crippen LogP contribution in [0.3, 0.4) is 0 Å². The molecule has 0 N–H and O–H groups in total. The van der Waals surface area contributed by atoms with Crippen molar-refractivity contribution >= 4 is 0 Å². The molecule has 1 atom stereocenters. The molecule has 1 radical (unpaired) electrons. The molecule has 0 aliphatic carbocycles. The lowest BCUT2D eigenvalue weighted by molar-refractivity contribution is 0.0421. The van der Waals surface area contributed by atoms with Crippen LogP contribution in [0, 0.1) is 6.07 Å². The molecule has 3 heteroatoms. The van der Waals surface area contributed by atoms with Crippen molar-refractivity contribution < 1.29 is 14.2 Å². The molecule has 103 valence electrons. The van der Waals surface area contributed by atoms with E-state index < -0.39 is 0 Å². The predicted octanol–water partition coefficient (Wildman–Crippen LogP) is 3.62. The molecule has 0 saturated carbocycles. The minimum Gasteiger partial charge on any atom is -0.494 e. The quantitative estimate of drug-likeness (QED) is 0.829. The van der Waals surface area contributed by atoms with E-state index in [9.17, 15) is 0 Å². The van der Waals surface area contributed by atoms with Gasteiger partial charge in [0, 0.05) is 12.5 Å². The zero-order chi connectivity index (χ0) is 13.8. The Bertz CT molecular complexity index is 538. The SMILES string of the molecule is CCOc1ccc(CCC2Oc3[c]cccc3O2)cc1. The maximum Gasteiger partial charge on any atom is 0.241 e. The summed E-state index contributed by atoms with van der Waals surface area (Å²) >= 11 is 0. The topological polar surface area (TPSA) is 27.7 Å². The van der Waals surface area contributed by atoms with Gasteiger partial charge in [0.25, 0.3) is 0 Å². The number of ether oxygens (including phenoxy) is 3. The first-order valence-electron chi connectivity index (χ1n) is 6.91. The molecule has 3 rings (SSSR count). The average molecular weight is 269 g/mol. The van der Waals surface area contributed by atoms with E-state index in [-0.39, 0.29) is 6.29 Å². The van der Waals surface area contributed by atoms with E-state index in [2.05, 4.69) is 18.2 Å². The highest BCUT2D eigenvalue weighted by atomic mass is 16.7. The maximum absolute atomic E-state index is 5.71. The van der Waals surface area contributed by atoms with Crippen LogP contribution in [0.1, 0.15) is 18.9 Å². The van der Waals surface area contributed by atoms with E-state index in [0.29, 0.717) is 12.4 Å². The van der Waals surface area contributed by atoms with E-state index in [1.807, 2.05) is 37.3 Å². The van der Waals surface area contributed by atoms with Gasteiger partial charge < -0.3 is 14.2 Å². The summed E-state index contributed by atoms with van der Waals surface area (Å²) in [6.45, 7) is 2.68. The molecule has 2 aromatic rings. The van der Waals surface area contributed by atoms with E-state index >= 15 is 0 Å². The Labute approximate surface area is 119 Å². The van der Waals surface area contributed by atoms with Gasteiger partial charge in [-0.05, 0) is 37.1 Å². The van der Waals surface area contributed by atoms with Gasteiger partial charge in [0.05, 0.1) is 6.61 Å². The van der Waals surface area contributed by atoms with E-state index in [1.165, 1.54) is 5.56 Å². The lowest BCUT2D eigenvalue weighted by atomic mass is 10.1. The summed E-state index contributed by atoms with van der Waals surface area (Å²) in [5.41, 5.74) is 1.25. The van der Waals surface area contributed by atoms with Crippen LogP contribution in [0.4, 0.5) is 0 Å². The van der Waals surface area contributed by atoms with Gasteiger partial charge >= 0.3 is 0 Å². The zero-order valence-corrected chi connectivity index (χ0v) is 11.5. The van der Waals surface area contributed by atoms with Crippen LogP contribution < -0.4 is 14.2 Å². The molecule has 0 bridgehead atoms. The first-order valence-corrected chi connectivity index (χ1v) is 6.91. The van der Waals surface area contributed by atoms with Crippen LogP contribution in [0.2, 0.25) is 0 Å². The molecule has 0 amide bonds. The Morgan fingerprint density at radius 2 is 2.00 bits per heavy atom. The lowest BCUT2D eigenvalue weighted by Crippen LogP contribution is -2.18. The molecule has 3 nitrogen and oxygen atoms in total. The van der Waals surface area contributed by atoms with Crippen LogP contribution in [-0.2, 0) is 6.42 Å². The highest BCUT2D eigenvalue weighted by molar-refractivity contribution is 5.40. The van der Waals surface area contributed by atoms with Crippen LogP contribution in [0.5, 0.6) is 17.2 Å². The van der Waals surface area contributed by atoms with Crippen molar-refractivity contribution in [2.24, 2.45) is 0 Å². The van der Waals surface area contributed by atoms with Gasteiger partial charge in [-0.2, -0.15) is 0 Å². The Hall–Kier alpha value is -2.16. The highest BCUT2D eigenvalue weighted by Gasteiger charge is 2.23. The summed E-state index contributed by atoms with van der Waals surface area (Å²) in [6.07, 6.45) is 1.51. The van der Waals surface area contributed by atoms with E-state index in [4.69, 9.17) is 14.2 Å². The van der Waals surface area contributed by atoms with Crippen molar-refractivity contribution in [1.82, 2.24) is 0 Å². The lowest BCUT2D eigenvalue weighted by Gasteiger charge is -2.10. The van der Waals surface area contributed by atoms with Gasteiger partial charge in [-0.1, -0.05) is 24.3 Å². The van der Waals surface area contributed by atoms with E-state index in [1.54, 1.807) is 0 Å². The molecule has 0 saturated heterocycles. The largest absolute Gasteiger partial charge is 0.494 e. The molecular weight excluding hydrogens is 252 g/mol. The van der Waals surface area contributed by atoms with Gasteiger partial charge in [-0.3, -0.25) is 0 Å². The summed E-state index contributed by atoms with van der Waals surface area (Å²) in [4.78, 5) is 0. The third-order valence-corrected chi connectivity index (χ3v) is 3.19. The first kappa shape index (κ1) is 12.9. The predicted molar refractivity (Wildman–Crippen MR) is 76.3 cm³/mol. The van der Waals surface area contributed by atoms with Crippen LogP contribution in [0.15, 0.2) is 42.5 Å². The third kappa shape index (κ3) is 2.87. The zero-order valence-electron chi connectivity index (χ0n) is 11.5. The van der Waals surface area contributed by atoms with Gasteiger partial charge in [-0.15, -0.1) is 0 Å². The van der Waals surface area contributed by atoms with Crippen molar-refractivity contribution in [3.8, 4) is 17.2 Å². The molecule has 1 aliphatic rings. The molecule has 1 aliphatic heterocycles. The second kappa shape index (κ2) is 5.87. The van der Waals surface area contributed by atoms with Crippen molar-refractivity contribution in [3.63, 3.8) is 0 Å². The summed E-state index contributed by atoms with van der Waals surface area (Å²) in [6, 6.07) is 16.8. The number of hydrogen-bond donors (Lipinski definition) is 0. The fourth-order valence-electron chi connectivity index (χ4n) is 2.21. The number of para-hydroxylation sites is 1. The number of rotatable bonds is 5. The summed E-state index contributed by atoms with van der Waals surface area (Å²) in [5.74, 6) is 2.40. The van der Waals surface area contributed by atoms with Gasteiger partial charge in [-0.25, -0.2) is 0 Å². The summed E-state index contributed by atoms with van der Waals surface area (Å²) in [5, 5.41) is 0. The van der Waals surface area contributed by atoms with Crippen LogP contribution in [-0.4, -0.2) is 12.9 Å². The standard InChI is InChI=1S/C17H17O3/c1-2-18-14-10-7-13(8-11-14)9-12-17-19-15-5-3-4-6-16(15)20-17/h3-5,7-8,10-11,17H,2,9,12H2,1H3. The number of hydrogen-bond acceptors (Lipinski definition) is 3. The highest BCUT2D eigenvalue weighted by Crippen LogP contribution is 2.34. The van der Waals surface area contributed by atoms with Crippen molar-refractivity contribution in [2.45, 2.75) is 26.1 Å². The second-order valence-electron chi connectivity index (χ2n) is 4.64. The summed E-state index contributed by atoms with van der Waals surface area (Å²) in [7, 11) is 0. The molecule has 1 heterocycles. The first-order chi connectivity index (χ1) is 9.85. The molecule has 1 unspecified atom stereocenters. The number of benzene rings is 2. The molecular formula is C17H17O3. The molecule has 0 fully saturated rings. The average Bonchev–Trinajstić information content (AvgIpc) is 2.90. The Morgan fingerprint density at radius 1 is 1.15 bits per heavy atom. The van der Waals surface area contributed by atoms with Gasteiger partial charge in [0.1, 0.15) is 5.75 Å². The van der Waals surface area contributed by atoms with E-state index in [0.717, 1.165) is 24.3 Å². The van der Waals surface area contributed by atoms with Crippen molar-refractivity contribution in [2.75, 3.05) is 6.61 Å². The Morgan fingerprint density at radius 3 is 2.75 bits per heavy atom. The fraction of sp³-hybridized carbons (Fsp3) is 0.294. The van der Waals surface area contributed by atoms with Crippen molar-refractivity contribution in [3.05, 3.63) is 54.1 Å². The molecule has 20 heavy (non-hydrogen) atoms. The summed E-state index contributed by atoms with van der Waals surface area (Å²) < 4.78 is 16.8. The smallest absolute Gasteiger partial charge is 0.241 e. The molecule has 2 aromatic carbocycles. The third-order valence-electron chi connectivity index (χ3n) is 3.19.